The van der Waals surface area contributed by atoms with Crippen LogP contribution in [0.1, 0.15) is 27.7 Å². The third-order valence-electron chi connectivity index (χ3n) is 2.40. The van der Waals surface area contributed by atoms with Gasteiger partial charge in [-0.15, -0.1) is 5.10 Å². The number of hydrogen-bond donors (Lipinski definition) is 2. The second-order valence-corrected chi connectivity index (χ2v) is 6.13. The summed E-state index contributed by atoms with van der Waals surface area (Å²) in [7, 11) is 0. The molecule has 0 spiro atoms. The van der Waals surface area contributed by atoms with E-state index in [1.807, 2.05) is 13.8 Å². The molecule has 8 heteroatoms. The lowest BCUT2D eigenvalue weighted by Crippen LogP contribution is -2.27. The highest BCUT2D eigenvalue weighted by atomic mass is 32.2. The van der Waals surface area contributed by atoms with Crippen LogP contribution in [-0.2, 0) is 11.3 Å². The molecule has 0 aliphatic rings. The summed E-state index contributed by atoms with van der Waals surface area (Å²) in [4.78, 5) is 0. The Hall–Kier alpha value is -0.700. The second-order valence-electron chi connectivity index (χ2n) is 5.14. The number of hydrogen-bond acceptors (Lipinski definition) is 7. The summed E-state index contributed by atoms with van der Waals surface area (Å²) in [5.74, 6) is 0.519. The van der Waals surface area contributed by atoms with Crippen molar-refractivity contribution < 1.29 is 9.84 Å². The van der Waals surface area contributed by atoms with E-state index in [0.29, 0.717) is 24.9 Å². The molecule has 1 aromatic heterocycles. The minimum atomic E-state index is -0.513. The number of thioether (sulfide) groups is 1. The van der Waals surface area contributed by atoms with E-state index in [0.717, 1.165) is 11.7 Å². The Labute approximate surface area is 124 Å². The highest BCUT2D eigenvalue weighted by Gasteiger charge is 2.11. The predicted molar refractivity (Wildman–Crippen MR) is 78.8 cm³/mol. The Morgan fingerprint density at radius 1 is 1.35 bits per heavy atom. The van der Waals surface area contributed by atoms with E-state index in [1.165, 1.54) is 11.8 Å². The molecule has 1 unspecified atom stereocenters. The van der Waals surface area contributed by atoms with Crippen molar-refractivity contribution in [2.75, 3.05) is 18.9 Å². The van der Waals surface area contributed by atoms with Crippen LogP contribution in [-0.4, -0.2) is 62.5 Å². The second kappa shape index (κ2) is 9.28. The fourth-order valence-corrected chi connectivity index (χ4v) is 2.23. The van der Waals surface area contributed by atoms with E-state index >= 15 is 0 Å². The Kier molecular flexibility index (Phi) is 8.05. The molecule has 2 N–H and O–H groups in total. The van der Waals surface area contributed by atoms with Gasteiger partial charge in [0.15, 0.2) is 0 Å². The van der Waals surface area contributed by atoms with Gasteiger partial charge < -0.3 is 15.2 Å². The van der Waals surface area contributed by atoms with Crippen LogP contribution in [0.15, 0.2) is 5.16 Å². The third kappa shape index (κ3) is 7.18. The van der Waals surface area contributed by atoms with Crippen LogP contribution in [0.4, 0.5) is 0 Å². The first kappa shape index (κ1) is 17.4. The standard InChI is InChI=1S/C12H25N5O2S/c1-9(2)13-5-6-17-12(14-15-16-17)20-8-11(18)7-19-10(3)4/h9-11,13,18H,5-8H2,1-4H3. The van der Waals surface area contributed by atoms with Gasteiger partial charge in [0.25, 0.3) is 0 Å². The maximum absolute atomic E-state index is 9.80. The smallest absolute Gasteiger partial charge is 0.209 e. The molecule has 0 radical (unpaired) electrons. The molecular weight excluding hydrogens is 278 g/mol. The molecule has 0 bridgehead atoms. The maximum atomic E-state index is 9.80. The predicted octanol–water partition coefficient (Wildman–Crippen LogP) is 0.549. The number of aromatic nitrogens is 4. The highest BCUT2D eigenvalue weighted by molar-refractivity contribution is 7.99. The summed E-state index contributed by atoms with van der Waals surface area (Å²) < 4.78 is 7.11. The van der Waals surface area contributed by atoms with Crippen LogP contribution in [0.25, 0.3) is 0 Å². The minimum Gasteiger partial charge on any atom is -0.390 e. The topological polar surface area (TPSA) is 85.1 Å². The number of nitrogens with zero attached hydrogens (tertiary/aromatic N) is 4. The summed E-state index contributed by atoms with van der Waals surface area (Å²) in [6.45, 7) is 9.95. The lowest BCUT2D eigenvalue weighted by atomic mass is 10.4. The van der Waals surface area contributed by atoms with Gasteiger partial charge >= 0.3 is 0 Å². The quantitative estimate of drug-likeness (QED) is 0.610. The number of rotatable bonds is 10. The Bertz CT molecular complexity index is 372. The number of ether oxygens (including phenoxy) is 1. The highest BCUT2D eigenvalue weighted by Crippen LogP contribution is 2.14. The van der Waals surface area contributed by atoms with Gasteiger partial charge in [-0.3, -0.25) is 0 Å². The van der Waals surface area contributed by atoms with Gasteiger partial charge in [-0.05, 0) is 24.3 Å². The zero-order chi connectivity index (χ0) is 15.0. The van der Waals surface area contributed by atoms with E-state index in [2.05, 4.69) is 34.7 Å². The van der Waals surface area contributed by atoms with Gasteiger partial charge in [0.2, 0.25) is 5.16 Å². The van der Waals surface area contributed by atoms with Crippen molar-refractivity contribution in [1.29, 1.82) is 0 Å². The number of tetrazole rings is 1. The van der Waals surface area contributed by atoms with E-state index in [9.17, 15) is 5.11 Å². The van der Waals surface area contributed by atoms with E-state index < -0.39 is 6.10 Å². The van der Waals surface area contributed by atoms with Crippen LogP contribution in [0.3, 0.4) is 0 Å². The van der Waals surface area contributed by atoms with Crippen molar-refractivity contribution in [3.05, 3.63) is 0 Å². The molecular formula is C12H25N5O2S. The van der Waals surface area contributed by atoms with Gasteiger partial charge in [0.1, 0.15) is 0 Å². The summed E-state index contributed by atoms with van der Waals surface area (Å²) >= 11 is 1.44. The molecule has 1 heterocycles. The average Bonchev–Trinajstić information content (AvgIpc) is 2.81. The van der Waals surface area contributed by atoms with Gasteiger partial charge in [0, 0.05) is 18.3 Å². The van der Waals surface area contributed by atoms with Crippen LogP contribution in [0.5, 0.6) is 0 Å². The van der Waals surface area contributed by atoms with Crippen LogP contribution >= 0.6 is 11.8 Å². The van der Waals surface area contributed by atoms with Crippen LogP contribution < -0.4 is 5.32 Å². The zero-order valence-electron chi connectivity index (χ0n) is 12.6. The molecule has 0 saturated heterocycles. The lowest BCUT2D eigenvalue weighted by molar-refractivity contribution is 0.0152. The van der Waals surface area contributed by atoms with E-state index in [1.54, 1.807) is 4.68 Å². The minimum absolute atomic E-state index is 0.127. The lowest BCUT2D eigenvalue weighted by Gasteiger charge is -2.13. The maximum Gasteiger partial charge on any atom is 0.209 e. The summed E-state index contributed by atoms with van der Waals surface area (Å²) in [6.07, 6.45) is -0.386. The molecule has 0 saturated carbocycles. The average molecular weight is 303 g/mol. The van der Waals surface area contributed by atoms with Crippen molar-refractivity contribution in [2.45, 2.75) is 57.6 Å². The van der Waals surface area contributed by atoms with Gasteiger partial charge in [0.05, 0.1) is 25.4 Å². The normalized spacial score (nSPS) is 13.3. The molecule has 0 aliphatic heterocycles. The van der Waals surface area contributed by atoms with Crippen molar-refractivity contribution in [3.63, 3.8) is 0 Å². The molecule has 0 amide bonds. The molecule has 1 aromatic rings. The molecule has 20 heavy (non-hydrogen) atoms. The van der Waals surface area contributed by atoms with Crippen LogP contribution in [0, 0.1) is 0 Å². The molecule has 7 nitrogen and oxygen atoms in total. The fraction of sp³-hybridized carbons (Fsp3) is 0.917. The zero-order valence-corrected chi connectivity index (χ0v) is 13.4. The monoisotopic (exact) mass is 303 g/mol. The Morgan fingerprint density at radius 2 is 2.10 bits per heavy atom. The molecule has 1 rings (SSSR count). The van der Waals surface area contributed by atoms with Crippen LogP contribution in [0.2, 0.25) is 0 Å². The first-order valence-corrected chi connectivity index (χ1v) is 7.89. The Balaban J connectivity index is 2.31. The molecule has 0 aliphatic carbocycles. The summed E-state index contributed by atoms with van der Waals surface area (Å²) in [5.41, 5.74) is 0. The summed E-state index contributed by atoms with van der Waals surface area (Å²) in [5, 5.41) is 25.4. The van der Waals surface area contributed by atoms with Crippen molar-refractivity contribution in [3.8, 4) is 0 Å². The first-order valence-electron chi connectivity index (χ1n) is 6.91. The molecule has 1 atom stereocenters. The first-order chi connectivity index (χ1) is 9.49. The van der Waals surface area contributed by atoms with Gasteiger partial charge in [-0.1, -0.05) is 25.6 Å². The van der Waals surface area contributed by atoms with Crippen molar-refractivity contribution in [1.82, 2.24) is 25.5 Å². The number of aliphatic hydroxyl groups is 1. The number of aliphatic hydroxyl groups excluding tert-OH is 1. The Morgan fingerprint density at radius 3 is 2.75 bits per heavy atom. The SMILES string of the molecule is CC(C)NCCn1nnnc1SCC(O)COC(C)C. The van der Waals surface area contributed by atoms with E-state index in [-0.39, 0.29) is 6.10 Å². The van der Waals surface area contributed by atoms with Crippen molar-refractivity contribution in [2.24, 2.45) is 0 Å². The fourth-order valence-electron chi connectivity index (χ4n) is 1.42. The third-order valence-corrected chi connectivity index (χ3v) is 3.50. The van der Waals surface area contributed by atoms with Gasteiger partial charge in [-0.25, -0.2) is 4.68 Å². The van der Waals surface area contributed by atoms with E-state index in [4.69, 9.17) is 4.74 Å². The molecule has 0 fully saturated rings. The summed E-state index contributed by atoms with van der Waals surface area (Å²) in [6, 6.07) is 0.442. The van der Waals surface area contributed by atoms with Crippen molar-refractivity contribution >= 4 is 11.8 Å². The molecule has 0 aromatic carbocycles. The molecule has 116 valence electrons. The number of nitrogens with one attached hydrogen (secondary N) is 1. The van der Waals surface area contributed by atoms with Gasteiger partial charge in [-0.2, -0.15) is 0 Å². The largest absolute Gasteiger partial charge is 0.390 e.